The Bertz CT molecular complexity index is 819. The fraction of sp³-hybridized carbons (Fsp3) is 0.600. The van der Waals surface area contributed by atoms with Gasteiger partial charge >= 0.3 is 11.9 Å². The summed E-state index contributed by atoms with van der Waals surface area (Å²) in [4.78, 5) is 24.9. The molecule has 0 atom stereocenters. The first-order valence-corrected chi connectivity index (χ1v) is 11.3. The van der Waals surface area contributed by atoms with E-state index in [1.807, 2.05) is 0 Å². The topological polar surface area (TPSA) is 107 Å². The summed E-state index contributed by atoms with van der Waals surface area (Å²) < 4.78 is 43.3. The summed E-state index contributed by atoms with van der Waals surface area (Å²) in [5.41, 5.74) is -0.236. The van der Waals surface area contributed by atoms with E-state index in [2.05, 4.69) is 0 Å². The van der Waals surface area contributed by atoms with Crippen LogP contribution in [0.2, 0.25) is 0 Å². The van der Waals surface area contributed by atoms with E-state index in [0.29, 0.717) is 0 Å². The molecule has 2 aliphatic rings. The Kier molecular flexibility index (Phi) is 6.72. The van der Waals surface area contributed by atoms with Crippen LogP contribution in [0.4, 0.5) is 0 Å². The molecule has 1 aromatic carbocycles. The zero-order valence-corrected chi connectivity index (χ0v) is 16.6. The maximum Gasteiger partial charge on any atom is 0.339 e. The van der Waals surface area contributed by atoms with Crippen molar-refractivity contribution >= 4 is 22.1 Å². The van der Waals surface area contributed by atoms with Crippen LogP contribution in [0.25, 0.3) is 0 Å². The van der Waals surface area contributed by atoms with Gasteiger partial charge in [0.15, 0.2) is 0 Å². The molecular formula is C20H26O7S. The van der Waals surface area contributed by atoms with Gasteiger partial charge in [0, 0.05) is 0 Å². The van der Waals surface area contributed by atoms with Crippen molar-refractivity contribution < 1.29 is 32.0 Å². The van der Waals surface area contributed by atoms with Crippen LogP contribution in [0, 0.1) is 0 Å². The molecule has 0 aliphatic heterocycles. The average molecular weight is 410 g/mol. The third-order valence-electron chi connectivity index (χ3n) is 5.38. The van der Waals surface area contributed by atoms with E-state index in [4.69, 9.17) is 9.47 Å². The smallest absolute Gasteiger partial charge is 0.339 e. The molecule has 0 amide bonds. The number of ether oxygens (including phenoxy) is 2. The number of benzene rings is 1. The number of carbonyl (C=O) groups is 2. The fourth-order valence-corrected chi connectivity index (χ4v) is 4.33. The SMILES string of the molecule is O=C(OC1CCCCC1)c1ccc(S(=O)(=O)O)cc1C(=O)OC1CCCCC1. The van der Waals surface area contributed by atoms with Gasteiger partial charge in [0.25, 0.3) is 10.1 Å². The molecule has 0 heterocycles. The highest BCUT2D eigenvalue weighted by atomic mass is 32.2. The fourth-order valence-electron chi connectivity index (χ4n) is 3.83. The second-order valence-corrected chi connectivity index (χ2v) is 8.93. The summed E-state index contributed by atoms with van der Waals surface area (Å²) in [5.74, 6) is -1.45. The molecule has 0 saturated heterocycles. The molecule has 2 saturated carbocycles. The zero-order chi connectivity index (χ0) is 20.1. The molecular weight excluding hydrogens is 384 g/mol. The zero-order valence-electron chi connectivity index (χ0n) is 15.8. The van der Waals surface area contributed by atoms with Gasteiger partial charge in [-0.25, -0.2) is 9.59 Å². The maximum atomic E-state index is 12.7. The lowest BCUT2D eigenvalue weighted by atomic mass is 9.97. The second kappa shape index (κ2) is 9.05. The standard InChI is InChI=1S/C20H26O7S/c21-19(26-14-7-3-1-4-8-14)17-12-11-16(28(23,24)25)13-18(17)20(22)27-15-9-5-2-6-10-15/h11-15H,1-10H2,(H,23,24,25). The van der Waals surface area contributed by atoms with E-state index >= 15 is 0 Å². The quantitative estimate of drug-likeness (QED) is 0.579. The van der Waals surface area contributed by atoms with Gasteiger partial charge < -0.3 is 9.47 Å². The van der Waals surface area contributed by atoms with Crippen LogP contribution in [-0.4, -0.2) is 37.1 Å². The van der Waals surface area contributed by atoms with Crippen LogP contribution in [0.3, 0.4) is 0 Å². The van der Waals surface area contributed by atoms with Crippen molar-refractivity contribution in [2.75, 3.05) is 0 Å². The van der Waals surface area contributed by atoms with Gasteiger partial charge in [-0.05, 0) is 69.6 Å². The van der Waals surface area contributed by atoms with E-state index in [0.717, 1.165) is 76.3 Å². The highest BCUT2D eigenvalue weighted by Crippen LogP contribution is 2.26. The molecule has 1 aromatic rings. The summed E-state index contributed by atoms with van der Waals surface area (Å²) in [5, 5.41) is 0. The monoisotopic (exact) mass is 410 g/mol. The lowest BCUT2D eigenvalue weighted by Crippen LogP contribution is -2.25. The molecule has 0 unspecified atom stereocenters. The molecule has 0 aromatic heterocycles. The molecule has 8 heteroatoms. The van der Waals surface area contributed by atoms with E-state index < -0.39 is 27.0 Å². The summed E-state index contributed by atoms with van der Waals surface area (Å²) in [7, 11) is -4.52. The minimum Gasteiger partial charge on any atom is -0.459 e. The van der Waals surface area contributed by atoms with Crippen LogP contribution < -0.4 is 0 Å². The molecule has 7 nitrogen and oxygen atoms in total. The van der Waals surface area contributed by atoms with E-state index in [9.17, 15) is 22.6 Å². The Labute approximate surface area is 165 Å². The van der Waals surface area contributed by atoms with Gasteiger partial charge in [0.2, 0.25) is 0 Å². The Morgan fingerprint density at radius 1 is 0.786 bits per heavy atom. The molecule has 3 rings (SSSR count). The van der Waals surface area contributed by atoms with Crippen LogP contribution in [0.15, 0.2) is 23.1 Å². The number of hydrogen-bond donors (Lipinski definition) is 1. The normalized spacial score (nSPS) is 19.2. The molecule has 28 heavy (non-hydrogen) atoms. The van der Waals surface area contributed by atoms with Crippen LogP contribution in [-0.2, 0) is 19.6 Å². The van der Waals surface area contributed by atoms with Gasteiger partial charge in [-0.3, -0.25) is 4.55 Å². The Balaban J connectivity index is 1.85. The predicted molar refractivity (Wildman–Crippen MR) is 101 cm³/mol. The summed E-state index contributed by atoms with van der Waals surface area (Å²) in [6.07, 6.45) is 8.65. The van der Waals surface area contributed by atoms with Crippen molar-refractivity contribution in [3.8, 4) is 0 Å². The van der Waals surface area contributed by atoms with Gasteiger partial charge in [-0.15, -0.1) is 0 Å². The molecule has 0 spiro atoms. The van der Waals surface area contributed by atoms with Gasteiger partial charge in [0.1, 0.15) is 12.2 Å². The van der Waals surface area contributed by atoms with Crippen LogP contribution in [0.5, 0.6) is 0 Å². The number of esters is 2. The number of hydrogen-bond acceptors (Lipinski definition) is 6. The second-order valence-electron chi connectivity index (χ2n) is 7.51. The van der Waals surface area contributed by atoms with E-state index in [-0.39, 0.29) is 23.3 Å². The minimum atomic E-state index is -4.52. The van der Waals surface area contributed by atoms with Crippen molar-refractivity contribution in [2.45, 2.75) is 81.3 Å². The van der Waals surface area contributed by atoms with Crippen LogP contribution >= 0.6 is 0 Å². The van der Waals surface area contributed by atoms with Crippen molar-refractivity contribution in [3.05, 3.63) is 29.3 Å². The highest BCUT2D eigenvalue weighted by Gasteiger charge is 2.27. The van der Waals surface area contributed by atoms with E-state index in [1.165, 1.54) is 6.07 Å². The van der Waals surface area contributed by atoms with Crippen LogP contribution in [0.1, 0.15) is 84.9 Å². The van der Waals surface area contributed by atoms with Gasteiger partial charge in [0.05, 0.1) is 16.0 Å². The number of rotatable bonds is 5. The Morgan fingerprint density at radius 2 is 1.25 bits per heavy atom. The van der Waals surface area contributed by atoms with Crippen molar-refractivity contribution in [3.63, 3.8) is 0 Å². The first kappa shape index (κ1) is 20.8. The average Bonchev–Trinajstić information content (AvgIpc) is 2.68. The summed E-state index contributed by atoms with van der Waals surface area (Å²) >= 11 is 0. The van der Waals surface area contributed by atoms with Gasteiger partial charge in [-0.2, -0.15) is 8.42 Å². The molecule has 1 N–H and O–H groups in total. The predicted octanol–water partition coefficient (Wildman–Crippen LogP) is 3.91. The first-order valence-electron chi connectivity index (χ1n) is 9.88. The van der Waals surface area contributed by atoms with Crippen molar-refractivity contribution in [1.29, 1.82) is 0 Å². The summed E-state index contributed by atoms with van der Waals surface area (Å²) in [6, 6.07) is 3.27. The lowest BCUT2D eigenvalue weighted by molar-refractivity contribution is 0.0163. The molecule has 2 fully saturated rings. The molecule has 154 valence electrons. The van der Waals surface area contributed by atoms with Crippen molar-refractivity contribution in [1.82, 2.24) is 0 Å². The minimum absolute atomic E-state index is 0.0428. The third kappa shape index (κ3) is 5.32. The third-order valence-corrected chi connectivity index (χ3v) is 6.23. The number of carbonyl (C=O) groups excluding carboxylic acids is 2. The Hall–Kier alpha value is -1.93. The first-order chi connectivity index (χ1) is 13.3. The highest BCUT2D eigenvalue weighted by molar-refractivity contribution is 7.85. The Morgan fingerprint density at radius 3 is 1.71 bits per heavy atom. The molecule has 0 radical (unpaired) electrons. The molecule has 0 bridgehead atoms. The largest absolute Gasteiger partial charge is 0.459 e. The summed E-state index contributed by atoms with van der Waals surface area (Å²) in [6.45, 7) is 0. The van der Waals surface area contributed by atoms with Crippen molar-refractivity contribution in [2.24, 2.45) is 0 Å². The maximum absolute atomic E-state index is 12.7. The lowest BCUT2D eigenvalue weighted by Gasteiger charge is -2.24. The van der Waals surface area contributed by atoms with Gasteiger partial charge in [-0.1, -0.05) is 12.8 Å². The van der Waals surface area contributed by atoms with E-state index in [1.54, 1.807) is 0 Å². The molecule has 2 aliphatic carbocycles.